The Balaban J connectivity index is 1.84. The van der Waals surface area contributed by atoms with Crippen molar-refractivity contribution in [2.45, 2.75) is 25.3 Å². The maximum Gasteiger partial charge on any atom is 0.315 e. The molecule has 6 heteroatoms. The van der Waals surface area contributed by atoms with Crippen molar-refractivity contribution in [2.75, 3.05) is 31.1 Å². The summed E-state index contributed by atoms with van der Waals surface area (Å²) in [6.45, 7) is 2.07. The topological polar surface area (TPSA) is 64.6 Å². The van der Waals surface area contributed by atoms with Gasteiger partial charge in [-0.3, -0.25) is 0 Å². The summed E-state index contributed by atoms with van der Waals surface area (Å²) in [5.74, 6) is -0.246. The summed E-state index contributed by atoms with van der Waals surface area (Å²) >= 11 is 0. The number of hydrogen-bond donors (Lipinski definition) is 3. The number of piperidine rings is 1. The van der Waals surface area contributed by atoms with E-state index >= 15 is 0 Å². The molecule has 116 valence electrons. The zero-order chi connectivity index (χ0) is 15.1. The SMILES string of the molecule is O=C(NCCCO)NC1CCCN(c2cccc(F)c2)C1. The molecule has 1 aromatic carbocycles. The van der Waals surface area contributed by atoms with Gasteiger partial charge in [-0.1, -0.05) is 6.07 Å². The molecular weight excluding hydrogens is 273 g/mol. The summed E-state index contributed by atoms with van der Waals surface area (Å²) in [5, 5.41) is 14.3. The second kappa shape index (κ2) is 7.83. The predicted octanol–water partition coefficient (Wildman–Crippen LogP) is 1.48. The molecule has 1 aromatic rings. The maximum absolute atomic E-state index is 13.3. The molecule has 0 bridgehead atoms. The second-order valence-electron chi connectivity index (χ2n) is 5.24. The Hall–Kier alpha value is -1.82. The van der Waals surface area contributed by atoms with E-state index in [2.05, 4.69) is 15.5 Å². The van der Waals surface area contributed by atoms with Gasteiger partial charge in [0.05, 0.1) is 0 Å². The third-order valence-corrected chi connectivity index (χ3v) is 3.55. The number of nitrogens with one attached hydrogen (secondary N) is 2. The molecule has 1 aliphatic heterocycles. The molecule has 0 aliphatic carbocycles. The number of urea groups is 1. The van der Waals surface area contributed by atoms with E-state index < -0.39 is 0 Å². The van der Waals surface area contributed by atoms with E-state index in [0.717, 1.165) is 25.1 Å². The average molecular weight is 295 g/mol. The van der Waals surface area contributed by atoms with Crippen LogP contribution in [0.2, 0.25) is 0 Å². The number of rotatable bonds is 5. The van der Waals surface area contributed by atoms with Crippen molar-refractivity contribution in [3.05, 3.63) is 30.1 Å². The van der Waals surface area contributed by atoms with Crippen molar-refractivity contribution in [3.63, 3.8) is 0 Å². The lowest BCUT2D eigenvalue weighted by molar-refractivity contribution is 0.232. The molecule has 0 spiro atoms. The molecule has 1 saturated heterocycles. The van der Waals surface area contributed by atoms with Gasteiger partial charge in [-0.25, -0.2) is 9.18 Å². The Bertz CT molecular complexity index is 470. The highest BCUT2D eigenvalue weighted by Crippen LogP contribution is 2.20. The van der Waals surface area contributed by atoms with E-state index in [0.29, 0.717) is 19.5 Å². The molecule has 2 rings (SSSR count). The Labute approximate surface area is 124 Å². The Morgan fingerprint density at radius 2 is 2.33 bits per heavy atom. The second-order valence-corrected chi connectivity index (χ2v) is 5.24. The molecule has 1 fully saturated rings. The normalized spacial score (nSPS) is 18.4. The fourth-order valence-corrected chi connectivity index (χ4v) is 2.52. The molecule has 1 heterocycles. The number of hydrogen-bond acceptors (Lipinski definition) is 3. The minimum atomic E-state index is -0.246. The molecule has 1 aliphatic rings. The standard InChI is InChI=1S/C15H22FN3O2/c16-12-4-1-6-14(10-12)19-8-2-5-13(11-19)18-15(21)17-7-3-9-20/h1,4,6,10,13,20H,2-3,5,7-9,11H2,(H2,17,18,21). The summed E-state index contributed by atoms with van der Waals surface area (Å²) in [5.41, 5.74) is 0.849. The maximum atomic E-state index is 13.3. The summed E-state index contributed by atoms with van der Waals surface area (Å²) in [6.07, 6.45) is 2.42. The Kier molecular flexibility index (Phi) is 5.80. The highest BCUT2D eigenvalue weighted by atomic mass is 19.1. The van der Waals surface area contributed by atoms with Crippen molar-refractivity contribution >= 4 is 11.7 Å². The van der Waals surface area contributed by atoms with Gasteiger partial charge in [-0.2, -0.15) is 0 Å². The van der Waals surface area contributed by atoms with Crippen LogP contribution in [0, 0.1) is 5.82 Å². The molecule has 21 heavy (non-hydrogen) atoms. The van der Waals surface area contributed by atoms with Crippen molar-refractivity contribution < 1.29 is 14.3 Å². The van der Waals surface area contributed by atoms with Crippen LogP contribution in [0.1, 0.15) is 19.3 Å². The fraction of sp³-hybridized carbons (Fsp3) is 0.533. The Morgan fingerprint density at radius 1 is 1.48 bits per heavy atom. The van der Waals surface area contributed by atoms with Crippen molar-refractivity contribution in [3.8, 4) is 0 Å². The molecule has 1 unspecified atom stereocenters. The third-order valence-electron chi connectivity index (χ3n) is 3.55. The first-order valence-corrected chi connectivity index (χ1v) is 7.35. The van der Waals surface area contributed by atoms with Crippen LogP contribution in [-0.4, -0.2) is 43.4 Å². The molecule has 0 radical (unpaired) electrons. The van der Waals surface area contributed by atoms with Gasteiger partial charge in [0.15, 0.2) is 0 Å². The van der Waals surface area contributed by atoms with Gasteiger partial charge in [0.1, 0.15) is 5.82 Å². The lowest BCUT2D eigenvalue weighted by Gasteiger charge is -2.34. The largest absolute Gasteiger partial charge is 0.396 e. The summed E-state index contributed by atoms with van der Waals surface area (Å²) in [4.78, 5) is 13.8. The predicted molar refractivity (Wildman–Crippen MR) is 79.9 cm³/mol. The van der Waals surface area contributed by atoms with Crippen molar-refractivity contribution in [2.24, 2.45) is 0 Å². The van der Waals surface area contributed by atoms with Gasteiger partial charge in [0, 0.05) is 38.0 Å². The van der Waals surface area contributed by atoms with Crippen LogP contribution in [0.25, 0.3) is 0 Å². The highest BCUT2D eigenvalue weighted by molar-refractivity contribution is 5.74. The van der Waals surface area contributed by atoms with Crippen molar-refractivity contribution in [1.82, 2.24) is 10.6 Å². The minimum Gasteiger partial charge on any atom is -0.396 e. The highest BCUT2D eigenvalue weighted by Gasteiger charge is 2.21. The first-order valence-electron chi connectivity index (χ1n) is 7.35. The van der Waals surface area contributed by atoms with Crippen LogP contribution in [0.15, 0.2) is 24.3 Å². The van der Waals surface area contributed by atoms with Crippen LogP contribution in [0.5, 0.6) is 0 Å². The van der Waals surface area contributed by atoms with Gasteiger partial charge in [-0.15, -0.1) is 0 Å². The van der Waals surface area contributed by atoms with Crippen LogP contribution < -0.4 is 15.5 Å². The fourth-order valence-electron chi connectivity index (χ4n) is 2.52. The summed E-state index contributed by atoms with van der Waals surface area (Å²) in [6, 6.07) is 6.36. The number of nitrogens with zero attached hydrogens (tertiary/aromatic N) is 1. The average Bonchev–Trinajstić information content (AvgIpc) is 2.48. The van der Waals surface area contributed by atoms with Crippen LogP contribution in [-0.2, 0) is 0 Å². The molecule has 2 amide bonds. The molecule has 0 saturated carbocycles. The number of amides is 2. The molecule has 5 nitrogen and oxygen atoms in total. The van der Waals surface area contributed by atoms with Gasteiger partial charge < -0.3 is 20.6 Å². The number of anilines is 1. The third kappa shape index (κ3) is 4.90. The van der Waals surface area contributed by atoms with E-state index in [9.17, 15) is 9.18 Å². The minimum absolute atomic E-state index is 0.0520. The number of benzene rings is 1. The number of aliphatic hydroxyl groups is 1. The van der Waals surface area contributed by atoms with Crippen LogP contribution in [0.3, 0.4) is 0 Å². The lowest BCUT2D eigenvalue weighted by atomic mass is 10.1. The molecular formula is C15H22FN3O2. The van der Waals surface area contributed by atoms with E-state index in [1.54, 1.807) is 6.07 Å². The van der Waals surface area contributed by atoms with Crippen LogP contribution >= 0.6 is 0 Å². The Morgan fingerprint density at radius 3 is 3.10 bits per heavy atom. The number of aliphatic hydroxyl groups excluding tert-OH is 1. The van der Waals surface area contributed by atoms with E-state index in [-0.39, 0.29) is 24.5 Å². The first kappa shape index (κ1) is 15.6. The first-order chi connectivity index (χ1) is 10.2. The zero-order valence-corrected chi connectivity index (χ0v) is 12.0. The lowest BCUT2D eigenvalue weighted by Crippen LogP contribution is -2.50. The van der Waals surface area contributed by atoms with E-state index in [1.165, 1.54) is 12.1 Å². The van der Waals surface area contributed by atoms with E-state index in [4.69, 9.17) is 5.11 Å². The van der Waals surface area contributed by atoms with Crippen molar-refractivity contribution in [1.29, 1.82) is 0 Å². The summed E-state index contributed by atoms with van der Waals surface area (Å²) in [7, 11) is 0. The van der Waals surface area contributed by atoms with Gasteiger partial charge >= 0.3 is 6.03 Å². The van der Waals surface area contributed by atoms with Gasteiger partial charge in [-0.05, 0) is 37.5 Å². The molecule has 3 N–H and O–H groups in total. The quantitative estimate of drug-likeness (QED) is 0.721. The smallest absolute Gasteiger partial charge is 0.315 e. The zero-order valence-electron chi connectivity index (χ0n) is 12.0. The van der Waals surface area contributed by atoms with E-state index in [1.807, 2.05) is 6.07 Å². The van der Waals surface area contributed by atoms with Gasteiger partial charge in [0.25, 0.3) is 0 Å². The molecule has 0 aromatic heterocycles. The van der Waals surface area contributed by atoms with Gasteiger partial charge in [0.2, 0.25) is 0 Å². The number of carbonyl (C=O) groups is 1. The summed E-state index contributed by atoms with van der Waals surface area (Å²) < 4.78 is 13.3. The van der Waals surface area contributed by atoms with Crippen LogP contribution in [0.4, 0.5) is 14.9 Å². The molecule has 1 atom stereocenters. The monoisotopic (exact) mass is 295 g/mol. The number of carbonyl (C=O) groups excluding carboxylic acids is 1. The number of halogens is 1.